The van der Waals surface area contributed by atoms with Crippen LogP contribution in [0, 0.1) is 17.0 Å². The largest absolute Gasteiger partial charge is 0.490 e. The first-order valence-corrected chi connectivity index (χ1v) is 11.8. The third-order valence-electron chi connectivity index (χ3n) is 4.84. The van der Waals surface area contributed by atoms with Crippen LogP contribution in [0.25, 0.3) is 0 Å². The summed E-state index contributed by atoms with van der Waals surface area (Å²) in [7, 11) is 1.77. The first-order chi connectivity index (χ1) is 20.3. The van der Waals surface area contributed by atoms with E-state index in [1.807, 2.05) is 30.3 Å². The number of rotatable bonds is 9. The molecule has 0 aliphatic carbocycles. The van der Waals surface area contributed by atoms with E-state index in [1.165, 1.54) is 0 Å². The monoisotopic (exact) mass is 637 g/mol. The molecule has 0 amide bonds. The molecule has 240 valence electrons. The van der Waals surface area contributed by atoms with Crippen molar-refractivity contribution in [3.8, 4) is 0 Å². The Morgan fingerprint density at radius 2 is 1.66 bits per heavy atom. The quantitative estimate of drug-likeness (QED) is 0.151. The van der Waals surface area contributed by atoms with Crippen LogP contribution in [0.5, 0.6) is 0 Å². The Hall–Kier alpha value is -5.50. The van der Waals surface area contributed by atoms with Crippen LogP contribution in [0.4, 0.5) is 37.8 Å². The number of alkyl halides is 6. The number of aryl methyl sites for hydroxylation is 1. The second-order valence-electron chi connectivity index (χ2n) is 8.21. The van der Waals surface area contributed by atoms with Crippen LogP contribution in [0.2, 0.25) is 0 Å². The van der Waals surface area contributed by atoms with E-state index < -0.39 is 29.2 Å². The van der Waals surface area contributed by atoms with Gasteiger partial charge in [-0.2, -0.15) is 26.3 Å². The van der Waals surface area contributed by atoms with Gasteiger partial charge < -0.3 is 26.2 Å². The summed E-state index contributed by atoms with van der Waals surface area (Å²) in [5, 5.41) is 36.6. The number of halogens is 6. The van der Waals surface area contributed by atoms with Crippen molar-refractivity contribution < 1.29 is 51.1 Å². The van der Waals surface area contributed by atoms with Gasteiger partial charge >= 0.3 is 24.3 Å². The zero-order valence-corrected chi connectivity index (χ0v) is 22.7. The molecule has 15 nitrogen and oxygen atoms in total. The van der Waals surface area contributed by atoms with Crippen LogP contribution in [0.1, 0.15) is 17.1 Å². The van der Waals surface area contributed by atoms with Gasteiger partial charge in [0, 0.05) is 43.7 Å². The van der Waals surface area contributed by atoms with Crippen molar-refractivity contribution in [3.63, 3.8) is 0 Å². The van der Waals surface area contributed by atoms with Gasteiger partial charge in [0.25, 0.3) is 6.20 Å². The number of nitrogens with two attached hydrogens (primary N) is 1. The minimum Gasteiger partial charge on any atom is -0.475 e. The Kier molecular flexibility index (Phi) is 13.5. The number of hydrogen-bond acceptors (Lipinski definition) is 11. The van der Waals surface area contributed by atoms with E-state index in [1.54, 1.807) is 35.9 Å². The van der Waals surface area contributed by atoms with Gasteiger partial charge in [0.15, 0.2) is 5.82 Å². The number of carbonyl (C=O) groups is 2. The molecule has 0 saturated heterocycles. The van der Waals surface area contributed by atoms with E-state index in [2.05, 4.69) is 25.6 Å². The van der Waals surface area contributed by atoms with Gasteiger partial charge in [-0.05, 0) is 19.1 Å². The van der Waals surface area contributed by atoms with Crippen molar-refractivity contribution in [1.82, 2.24) is 30.3 Å². The van der Waals surface area contributed by atoms with Crippen LogP contribution in [-0.4, -0.2) is 78.0 Å². The molecule has 21 heteroatoms. The maximum Gasteiger partial charge on any atom is 0.490 e. The molecule has 2 heterocycles. The SMILES string of the molecule is Cc1ncc(Cn2cc(CCN/C(=C\[N+](=O)[O-])N(C)c3ccccc3)nn2)c(N)n1.O=C(O)C(F)(F)F.O=C(O)C(F)(F)F. The van der Waals surface area contributed by atoms with Crippen molar-refractivity contribution in [2.45, 2.75) is 32.2 Å². The predicted octanol–water partition coefficient (Wildman–Crippen LogP) is 2.62. The van der Waals surface area contributed by atoms with E-state index >= 15 is 0 Å². The number of nitro groups is 1. The molecule has 0 spiro atoms. The lowest BCUT2D eigenvalue weighted by atomic mass is 10.3. The summed E-state index contributed by atoms with van der Waals surface area (Å²) >= 11 is 0. The number of anilines is 2. The number of benzene rings is 1. The summed E-state index contributed by atoms with van der Waals surface area (Å²) in [5.74, 6) is -4.11. The maximum atomic E-state index is 11.0. The van der Waals surface area contributed by atoms with Crippen molar-refractivity contribution in [3.05, 3.63) is 81.9 Å². The highest BCUT2D eigenvalue weighted by Gasteiger charge is 2.38. The molecule has 3 aromatic rings. The van der Waals surface area contributed by atoms with E-state index in [4.69, 9.17) is 25.5 Å². The molecule has 0 fully saturated rings. The Bertz CT molecular complexity index is 1410. The van der Waals surface area contributed by atoms with Gasteiger partial charge in [-0.3, -0.25) is 10.1 Å². The lowest BCUT2D eigenvalue weighted by molar-refractivity contribution is -0.403. The Labute approximate surface area is 243 Å². The number of carboxylic acids is 2. The second kappa shape index (κ2) is 16.2. The van der Waals surface area contributed by atoms with E-state index in [0.717, 1.165) is 23.1 Å². The minimum absolute atomic E-state index is 0.378. The first kappa shape index (κ1) is 36.5. The molecule has 1 aromatic carbocycles. The molecule has 2 aromatic heterocycles. The predicted molar refractivity (Wildman–Crippen MR) is 139 cm³/mol. The van der Waals surface area contributed by atoms with Crippen LogP contribution >= 0.6 is 0 Å². The highest BCUT2D eigenvalue weighted by Crippen LogP contribution is 2.16. The van der Waals surface area contributed by atoms with Crippen molar-refractivity contribution in [1.29, 1.82) is 0 Å². The molecule has 0 aliphatic heterocycles. The van der Waals surface area contributed by atoms with E-state index in [-0.39, 0.29) is 0 Å². The van der Waals surface area contributed by atoms with Crippen molar-refractivity contribution >= 4 is 23.4 Å². The third kappa shape index (κ3) is 13.4. The third-order valence-corrected chi connectivity index (χ3v) is 4.84. The summed E-state index contributed by atoms with van der Waals surface area (Å²) in [6.07, 6.45) is -5.20. The second-order valence-corrected chi connectivity index (χ2v) is 8.21. The molecule has 0 saturated carbocycles. The van der Waals surface area contributed by atoms with Crippen LogP contribution in [0.3, 0.4) is 0 Å². The van der Waals surface area contributed by atoms with Crippen LogP contribution in [0.15, 0.2) is 54.7 Å². The zero-order valence-electron chi connectivity index (χ0n) is 22.7. The van der Waals surface area contributed by atoms with Crippen LogP contribution in [-0.2, 0) is 22.6 Å². The number of para-hydroxylation sites is 1. The minimum atomic E-state index is -5.08. The topological polar surface area (TPSA) is 216 Å². The molecule has 0 radical (unpaired) electrons. The Balaban J connectivity index is 0.000000574. The summed E-state index contributed by atoms with van der Waals surface area (Å²) < 4.78 is 65.1. The molecule has 0 atom stereocenters. The van der Waals surface area contributed by atoms with Gasteiger partial charge in [0.05, 0.1) is 17.2 Å². The molecule has 0 bridgehead atoms. The fourth-order valence-corrected chi connectivity index (χ4v) is 2.80. The molecular formula is C23H25F6N9O6. The fraction of sp³-hybridized carbons (Fsp3) is 0.304. The summed E-state index contributed by atoms with van der Waals surface area (Å²) in [6, 6.07) is 9.39. The lowest BCUT2D eigenvalue weighted by Gasteiger charge is -2.21. The number of nitrogens with zero attached hydrogens (tertiary/aromatic N) is 7. The Morgan fingerprint density at radius 1 is 1.11 bits per heavy atom. The molecule has 3 rings (SSSR count). The van der Waals surface area contributed by atoms with Gasteiger partial charge in [-0.1, -0.05) is 23.4 Å². The number of aromatic nitrogens is 5. The molecule has 0 unspecified atom stereocenters. The standard InChI is InChI=1S/C19H23N9O2.2C2HF3O2/c1-14-22-10-15(19(20)23-14)11-27-12-16(24-25-27)8-9-21-18(13-28(29)30)26(2)17-6-4-3-5-7-17;2*3-2(4,5)1(6)7/h3-7,10,12-13,21H,8-9,11H2,1-2H3,(H2,20,22,23);2*(H,6,7)/b18-13+;;. The fourth-order valence-electron chi connectivity index (χ4n) is 2.80. The summed E-state index contributed by atoms with van der Waals surface area (Å²) in [4.78, 5) is 38.3. The van der Waals surface area contributed by atoms with Gasteiger partial charge in [0.2, 0.25) is 0 Å². The average molecular weight is 637 g/mol. The molecule has 5 N–H and O–H groups in total. The number of nitrogen functional groups attached to an aromatic ring is 1. The normalized spacial score (nSPS) is 11.3. The number of hydrogen-bond donors (Lipinski definition) is 4. The van der Waals surface area contributed by atoms with Crippen LogP contribution < -0.4 is 16.0 Å². The van der Waals surface area contributed by atoms with Gasteiger partial charge in [0.1, 0.15) is 11.6 Å². The zero-order chi connectivity index (χ0) is 33.7. The average Bonchev–Trinajstić information content (AvgIpc) is 3.36. The maximum absolute atomic E-state index is 11.0. The number of carboxylic acid groups (broad SMARTS) is 2. The van der Waals surface area contributed by atoms with Crippen molar-refractivity contribution in [2.75, 3.05) is 24.2 Å². The molecule has 44 heavy (non-hydrogen) atoms. The smallest absolute Gasteiger partial charge is 0.475 e. The van der Waals surface area contributed by atoms with E-state index in [9.17, 15) is 36.5 Å². The first-order valence-electron chi connectivity index (χ1n) is 11.8. The lowest BCUT2D eigenvalue weighted by Crippen LogP contribution is -2.30. The highest BCUT2D eigenvalue weighted by atomic mass is 19.4. The molecule has 0 aliphatic rings. The van der Waals surface area contributed by atoms with E-state index in [0.29, 0.717) is 37.0 Å². The van der Waals surface area contributed by atoms with Gasteiger partial charge in [-0.15, -0.1) is 5.10 Å². The number of aliphatic carboxylic acids is 2. The number of nitrogens with one attached hydrogen (secondary N) is 1. The molecular weight excluding hydrogens is 612 g/mol. The van der Waals surface area contributed by atoms with Crippen molar-refractivity contribution in [2.24, 2.45) is 0 Å². The Morgan fingerprint density at radius 3 is 2.14 bits per heavy atom. The van der Waals surface area contributed by atoms with Gasteiger partial charge in [-0.25, -0.2) is 24.2 Å². The summed E-state index contributed by atoms with van der Waals surface area (Å²) in [5.41, 5.74) is 8.26. The highest BCUT2D eigenvalue weighted by molar-refractivity contribution is 5.73. The summed E-state index contributed by atoms with van der Waals surface area (Å²) in [6.45, 7) is 2.64.